The third-order valence-electron chi connectivity index (χ3n) is 5.72. The maximum Gasteiger partial charge on any atom is 0.274 e. The summed E-state index contributed by atoms with van der Waals surface area (Å²) in [7, 11) is 0. The third kappa shape index (κ3) is 4.08. The Balaban J connectivity index is 1.42. The van der Waals surface area contributed by atoms with Crippen LogP contribution < -0.4 is 5.73 Å². The number of carbonyl (C=O) groups is 2. The number of likely N-dealkylation sites (tertiary alicyclic amines) is 1. The smallest absolute Gasteiger partial charge is 0.274 e. The van der Waals surface area contributed by atoms with E-state index in [1.165, 1.54) is 23.0 Å². The molecule has 3 aromatic rings. The zero-order valence-corrected chi connectivity index (χ0v) is 17.5. The topological polar surface area (TPSA) is 110 Å². The molecule has 0 aliphatic carbocycles. The van der Waals surface area contributed by atoms with Crippen LogP contribution in [0.5, 0.6) is 0 Å². The minimum absolute atomic E-state index is 0.103. The van der Waals surface area contributed by atoms with E-state index in [1.54, 1.807) is 23.1 Å². The van der Waals surface area contributed by atoms with Gasteiger partial charge in [-0.15, -0.1) is 0 Å². The van der Waals surface area contributed by atoms with Gasteiger partial charge in [0.05, 0.1) is 17.4 Å². The largest absolute Gasteiger partial charge is 0.383 e. The maximum absolute atomic E-state index is 13.5. The van der Waals surface area contributed by atoms with Crippen molar-refractivity contribution in [3.8, 4) is 5.69 Å². The number of benzene rings is 1. The Morgan fingerprint density at radius 1 is 1.23 bits per heavy atom. The zero-order chi connectivity index (χ0) is 22.1. The normalized spacial score (nSPS) is 14.9. The Morgan fingerprint density at radius 2 is 1.97 bits per heavy atom. The van der Waals surface area contributed by atoms with Crippen molar-refractivity contribution in [2.75, 3.05) is 18.8 Å². The second-order valence-electron chi connectivity index (χ2n) is 8.13. The number of nitrogens with two attached hydrogens (primary N) is 1. The molecule has 0 spiro atoms. The highest BCUT2D eigenvalue weighted by molar-refractivity contribution is 6.02. The second kappa shape index (κ2) is 8.33. The Bertz CT molecular complexity index is 1110. The second-order valence-corrected chi connectivity index (χ2v) is 8.13. The van der Waals surface area contributed by atoms with Crippen molar-refractivity contribution < 1.29 is 14.0 Å². The number of aromatic nitrogens is 4. The van der Waals surface area contributed by atoms with Crippen molar-refractivity contribution in [1.29, 1.82) is 0 Å². The summed E-state index contributed by atoms with van der Waals surface area (Å²) in [6.45, 7) is 5.00. The molecule has 3 heterocycles. The highest BCUT2D eigenvalue weighted by Crippen LogP contribution is 2.27. The quantitative estimate of drug-likeness (QED) is 0.612. The van der Waals surface area contributed by atoms with Crippen molar-refractivity contribution in [3.05, 3.63) is 59.3 Å². The molecule has 0 saturated carbocycles. The summed E-state index contributed by atoms with van der Waals surface area (Å²) in [5, 5.41) is 11.2. The molecule has 0 atom stereocenters. The van der Waals surface area contributed by atoms with E-state index in [1.807, 2.05) is 13.8 Å². The van der Waals surface area contributed by atoms with Crippen LogP contribution in [-0.4, -0.2) is 49.7 Å². The summed E-state index contributed by atoms with van der Waals surface area (Å²) in [5.74, 6) is -0.443. The highest BCUT2D eigenvalue weighted by Gasteiger charge is 2.31. The monoisotopic (exact) mass is 424 g/mol. The van der Waals surface area contributed by atoms with Crippen molar-refractivity contribution in [2.24, 2.45) is 5.92 Å². The first-order chi connectivity index (χ1) is 14.8. The van der Waals surface area contributed by atoms with Gasteiger partial charge in [0.25, 0.3) is 5.91 Å². The molecule has 1 amide bonds. The molecule has 0 radical (unpaired) electrons. The minimum atomic E-state index is -0.408. The van der Waals surface area contributed by atoms with Gasteiger partial charge in [0, 0.05) is 24.7 Å². The molecule has 162 valence electrons. The molecule has 31 heavy (non-hydrogen) atoms. The van der Waals surface area contributed by atoms with Crippen LogP contribution in [0, 0.1) is 11.7 Å². The van der Waals surface area contributed by atoms with E-state index >= 15 is 0 Å². The number of anilines is 1. The number of aromatic amines is 1. The van der Waals surface area contributed by atoms with E-state index in [2.05, 4.69) is 15.3 Å². The molecule has 2 aromatic heterocycles. The number of H-pyrrole nitrogens is 1. The standard InChI is InChI=1S/C22H25FN6O2/c1-13(2)18-11-19(27-26-18)22(31)28-8-6-14(7-9-28)20(30)17-12-25-29(21(17)24)16-5-3-4-15(23)10-16/h3-5,10-14H,6-9,24H2,1-2H3,(H,26,27). The Labute approximate surface area is 179 Å². The number of nitrogen functional groups attached to an aromatic ring is 1. The molecular weight excluding hydrogens is 399 g/mol. The number of hydrogen-bond acceptors (Lipinski definition) is 5. The summed E-state index contributed by atoms with van der Waals surface area (Å²) in [6, 6.07) is 7.65. The van der Waals surface area contributed by atoms with E-state index in [4.69, 9.17) is 5.73 Å². The molecule has 1 fully saturated rings. The Morgan fingerprint density at radius 3 is 2.61 bits per heavy atom. The molecular formula is C22H25FN6O2. The molecule has 3 N–H and O–H groups in total. The van der Waals surface area contributed by atoms with Crippen LogP contribution in [0.4, 0.5) is 10.2 Å². The number of hydrogen-bond donors (Lipinski definition) is 2. The van der Waals surface area contributed by atoms with Gasteiger partial charge in [-0.1, -0.05) is 19.9 Å². The minimum Gasteiger partial charge on any atom is -0.383 e. The van der Waals surface area contributed by atoms with Gasteiger partial charge in [-0.05, 0) is 43.0 Å². The lowest BCUT2D eigenvalue weighted by atomic mass is 9.89. The van der Waals surface area contributed by atoms with Crippen LogP contribution in [0.2, 0.25) is 0 Å². The fraction of sp³-hybridized carbons (Fsp3) is 0.364. The number of carbonyl (C=O) groups excluding carboxylic acids is 2. The molecule has 0 unspecified atom stereocenters. The van der Waals surface area contributed by atoms with Crippen LogP contribution in [0.1, 0.15) is 59.1 Å². The maximum atomic E-state index is 13.5. The van der Waals surface area contributed by atoms with Crippen molar-refractivity contribution in [2.45, 2.75) is 32.6 Å². The predicted octanol–water partition coefficient (Wildman–Crippen LogP) is 3.18. The number of piperidine rings is 1. The van der Waals surface area contributed by atoms with Gasteiger partial charge in [-0.3, -0.25) is 14.7 Å². The van der Waals surface area contributed by atoms with E-state index in [9.17, 15) is 14.0 Å². The van der Waals surface area contributed by atoms with Gasteiger partial charge < -0.3 is 10.6 Å². The third-order valence-corrected chi connectivity index (χ3v) is 5.72. The summed E-state index contributed by atoms with van der Waals surface area (Å²) in [4.78, 5) is 27.5. The van der Waals surface area contributed by atoms with E-state index in [0.717, 1.165) is 5.69 Å². The molecule has 9 heteroatoms. The first-order valence-electron chi connectivity index (χ1n) is 10.3. The van der Waals surface area contributed by atoms with E-state index in [0.29, 0.717) is 42.9 Å². The molecule has 1 saturated heterocycles. The van der Waals surface area contributed by atoms with Crippen molar-refractivity contribution in [3.63, 3.8) is 0 Å². The molecule has 1 aliphatic rings. The number of Topliss-reactive ketones (excluding diaryl/α,β-unsaturated/α-hetero) is 1. The molecule has 1 aromatic carbocycles. The first-order valence-corrected chi connectivity index (χ1v) is 10.3. The first kappa shape index (κ1) is 20.8. The fourth-order valence-electron chi connectivity index (χ4n) is 3.83. The van der Waals surface area contributed by atoms with Gasteiger partial charge in [0.1, 0.15) is 17.3 Å². The van der Waals surface area contributed by atoms with E-state index < -0.39 is 5.82 Å². The number of rotatable bonds is 5. The van der Waals surface area contributed by atoms with Crippen molar-refractivity contribution >= 4 is 17.5 Å². The van der Waals surface area contributed by atoms with Crippen LogP contribution in [0.15, 0.2) is 36.5 Å². The van der Waals surface area contributed by atoms with Gasteiger partial charge in [0.2, 0.25) is 0 Å². The highest BCUT2D eigenvalue weighted by atomic mass is 19.1. The Kier molecular flexibility index (Phi) is 5.58. The number of amides is 1. The lowest BCUT2D eigenvalue weighted by molar-refractivity contribution is 0.0645. The molecule has 1 aliphatic heterocycles. The summed E-state index contributed by atoms with van der Waals surface area (Å²) in [6.07, 6.45) is 2.50. The predicted molar refractivity (Wildman–Crippen MR) is 114 cm³/mol. The average Bonchev–Trinajstić information content (AvgIpc) is 3.40. The fourth-order valence-corrected chi connectivity index (χ4v) is 3.83. The van der Waals surface area contributed by atoms with Gasteiger partial charge in [-0.25, -0.2) is 9.07 Å². The van der Waals surface area contributed by atoms with Gasteiger partial charge in [0.15, 0.2) is 5.78 Å². The summed E-state index contributed by atoms with van der Waals surface area (Å²) >= 11 is 0. The Hall–Kier alpha value is -3.49. The van der Waals surface area contributed by atoms with Crippen LogP contribution in [-0.2, 0) is 0 Å². The summed E-state index contributed by atoms with van der Waals surface area (Å²) in [5.41, 5.74) is 8.24. The van der Waals surface area contributed by atoms with E-state index in [-0.39, 0.29) is 29.3 Å². The number of nitrogens with one attached hydrogen (secondary N) is 1. The SMILES string of the molecule is CC(C)c1cc(C(=O)N2CCC(C(=O)c3cnn(-c4cccc(F)c4)c3N)CC2)n[nH]1. The lowest BCUT2D eigenvalue weighted by Crippen LogP contribution is -2.40. The lowest BCUT2D eigenvalue weighted by Gasteiger charge is -2.30. The van der Waals surface area contributed by atoms with Crippen LogP contribution in [0.25, 0.3) is 5.69 Å². The zero-order valence-electron chi connectivity index (χ0n) is 17.5. The van der Waals surface area contributed by atoms with Gasteiger partial charge in [-0.2, -0.15) is 10.2 Å². The molecule has 8 nitrogen and oxygen atoms in total. The van der Waals surface area contributed by atoms with Gasteiger partial charge >= 0.3 is 0 Å². The van der Waals surface area contributed by atoms with Crippen LogP contribution >= 0.6 is 0 Å². The van der Waals surface area contributed by atoms with Crippen molar-refractivity contribution in [1.82, 2.24) is 24.9 Å². The molecule has 0 bridgehead atoms. The van der Waals surface area contributed by atoms with Crippen LogP contribution in [0.3, 0.4) is 0 Å². The number of ketones is 1. The molecule has 4 rings (SSSR count). The number of halogens is 1. The number of nitrogens with zero attached hydrogens (tertiary/aromatic N) is 4. The average molecular weight is 424 g/mol. The summed E-state index contributed by atoms with van der Waals surface area (Å²) < 4.78 is 14.9.